The van der Waals surface area contributed by atoms with Crippen LogP contribution in [0.15, 0.2) is 0 Å². The lowest BCUT2D eigenvalue weighted by atomic mass is 9.82. The van der Waals surface area contributed by atoms with Crippen molar-refractivity contribution in [3.8, 4) is 0 Å². The molecule has 3 saturated heterocycles. The molecule has 0 bridgehead atoms. The van der Waals surface area contributed by atoms with Crippen LogP contribution < -0.4 is 5.73 Å². The molecule has 0 saturated carbocycles. The first-order valence-electron chi connectivity index (χ1n) is 12.0. The minimum Gasteiger partial charge on any atom is -0.368 e. The second-order valence-electron chi connectivity index (χ2n) is 9.88. The smallest absolute Gasteiger partial charge is 0.238 e. The molecule has 0 aromatic rings. The predicted molar refractivity (Wildman–Crippen MR) is 116 cm³/mol. The van der Waals surface area contributed by atoms with Gasteiger partial charge in [-0.2, -0.15) is 0 Å². The van der Waals surface area contributed by atoms with Crippen LogP contribution in [-0.2, 0) is 9.59 Å². The SMILES string of the molecule is CC(C)CCCN1CC[C@@H](N2CCC(C(N)=O)(N3CCCCC3)CC2)CCC1=O. The summed E-state index contributed by atoms with van der Waals surface area (Å²) in [7, 11) is 0. The van der Waals surface area contributed by atoms with E-state index >= 15 is 0 Å². The molecule has 3 heterocycles. The summed E-state index contributed by atoms with van der Waals surface area (Å²) < 4.78 is 0. The minimum atomic E-state index is -0.444. The van der Waals surface area contributed by atoms with E-state index in [9.17, 15) is 9.59 Å². The first kappa shape index (κ1) is 22.5. The number of carbonyl (C=O) groups excluding carboxylic acids is 2. The van der Waals surface area contributed by atoms with E-state index in [2.05, 4.69) is 28.5 Å². The van der Waals surface area contributed by atoms with Crippen molar-refractivity contribution in [2.45, 2.75) is 89.6 Å². The third-order valence-corrected chi connectivity index (χ3v) is 7.55. The largest absolute Gasteiger partial charge is 0.368 e. The molecule has 0 aromatic carbocycles. The molecule has 0 radical (unpaired) electrons. The molecule has 0 aromatic heterocycles. The van der Waals surface area contributed by atoms with Crippen molar-refractivity contribution in [1.82, 2.24) is 14.7 Å². The van der Waals surface area contributed by atoms with Crippen molar-refractivity contribution in [2.24, 2.45) is 11.7 Å². The topological polar surface area (TPSA) is 69.9 Å². The molecular weight excluding hydrogens is 364 g/mol. The number of carbonyl (C=O) groups is 2. The van der Waals surface area contributed by atoms with Crippen LogP contribution in [0.4, 0.5) is 0 Å². The van der Waals surface area contributed by atoms with Crippen molar-refractivity contribution in [3.05, 3.63) is 0 Å². The molecule has 0 aliphatic carbocycles. The Morgan fingerprint density at radius 1 is 1.07 bits per heavy atom. The zero-order valence-corrected chi connectivity index (χ0v) is 18.7. The lowest BCUT2D eigenvalue weighted by Gasteiger charge is -2.49. The third kappa shape index (κ3) is 5.52. The van der Waals surface area contributed by atoms with Gasteiger partial charge < -0.3 is 15.5 Å². The first-order chi connectivity index (χ1) is 13.9. The van der Waals surface area contributed by atoms with Crippen LogP contribution in [0.25, 0.3) is 0 Å². The molecule has 6 nitrogen and oxygen atoms in total. The number of primary amides is 1. The number of nitrogens with zero attached hydrogens (tertiary/aromatic N) is 3. The lowest BCUT2D eigenvalue weighted by Crippen LogP contribution is -2.64. The zero-order chi connectivity index (χ0) is 20.9. The quantitative estimate of drug-likeness (QED) is 0.706. The van der Waals surface area contributed by atoms with Gasteiger partial charge in [0.25, 0.3) is 0 Å². The molecular formula is C23H42N4O2. The maximum atomic E-state index is 12.6. The van der Waals surface area contributed by atoms with Crippen molar-refractivity contribution < 1.29 is 9.59 Å². The Labute approximate surface area is 177 Å². The molecule has 0 unspecified atom stereocenters. The summed E-state index contributed by atoms with van der Waals surface area (Å²) in [4.78, 5) is 32.0. The van der Waals surface area contributed by atoms with E-state index in [0.717, 1.165) is 71.4 Å². The molecule has 166 valence electrons. The first-order valence-corrected chi connectivity index (χ1v) is 12.0. The highest BCUT2D eigenvalue weighted by Gasteiger charge is 2.46. The highest BCUT2D eigenvalue weighted by molar-refractivity contribution is 5.85. The fourth-order valence-electron chi connectivity index (χ4n) is 5.61. The highest BCUT2D eigenvalue weighted by Crippen LogP contribution is 2.33. The normalized spacial score (nSPS) is 27.2. The molecule has 3 rings (SSSR count). The van der Waals surface area contributed by atoms with E-state index in [0.29, 0.717) is 24.3 Å². The summed E-state index contributed by atoms with van der Waals surface area (Å²) in [5, 5.41) is 0. The van der Waals surface area contributed by atoms with Gasteiger partial charge in [-0.3, -0.25) is 14.5 Å². The Kier molecular flexibility index (Phi) is 7.97. The average molecular weight is 407 g/mol. The molecule has 2 amide bonds. The van der Waals surface area contributed by atoms with Crippen LogP contribution in [-0.4, -0.2) is 77.4 Å². The van der Waals surface area contributed by atoms with Gasteiger partial charge in [0.15, 0.2) is 0 Å². The standard InChI is InChI=1S/C23H42N4O2/c1-19(2)7-6-13-26-16-10-20(8-9-21(26)28)25-17-11-23(12-18-25,22(24)29)27-14-4-3-5-15-27/h19-20H,3-18H2,1-2H3,(H2,24,29)/t20-/m0/s1. The number of piperidine rings is 2. The van der Waals surface area contributed by atoms with Crippen LogP contribution >= 0.6 is 0 Å². The van der Waals surface area contributed by atoms with Gasteiger partial charge in [0.05, 0.1) is 0 Å². The van der Waals surface area contributed by atoms with E-state index in [-0.39, 0.29) is 5.91 Å². The van der Waals surface area contributed by atoms with E-state index in [1.165, 1.54) is 25.7 Å². The van der Waals surface area contributed by atoms with Gasteiger partial charge in [0, 0.05) is 38.6 Å². The predicted octanol–water partition coefficient (Wildman–Crippen LogP) is 2.61. The van der Waals surface area contributed by atoms with Crippen molar-refractivity contribution in [1.29, 1.82) is 0 Å². The highest BCUT2D eigenvalue weighted by atomic mass is 16.2. The van der Waals surface area contributed by atoms with Gasteiger partial charge in [0.2, 0.25) is 11.8 Å². The average Bonchev–Trinajstić information content (AvgIpc) is 2.90. The van der Waals surface area contributed by atoms with Gasteiger partial charge in [-0.15, -0.1) is 0 Å². The Morgan fingerprint density at radius 3 is 2.38 bits per heavy atom. The van der Waals surface area contributed by atoms with Crippen LogP contribution in [0, 0.1) is 5.92 Å². The Bertz CT molecular complexity index is 551. The second-order valence-corrected chi connectivity index (χ2v) is 9.88. The van der Waals surface area contributed by atoms with Gasteiger partial charge in [-0.05, 0) is 70.4 Å². The summed E-state index contributed by atoms with van der Waals surface area (Å²) >= 11 is 0. The van der Waals surface area contributed by atoms with Crippen LogP contribution in [0.2, 0.25) is 0 Å². The molecule has 3 aliphatic rings. The summed E-state index contributed by atoms with van der Waals surface area (Å²) in [6.07, 6.45) is 10.3. The molecule has 2 N–H and O–H groups in total. The third-order valence-electron chi connectivity index (χ3n) is 7.55. The maximum absolute atomic E-state index is 12.6. The lowest BCUT2D eigenvalue weighted by molar-refractivity contribution is -0.135. The van der Waals surface area contributed by atoms with Gasteiger partial charge in [-0.25, -0.2) is 0 Å². The summed E-state index contributed by atoms with van der Waals surface area (Å²) in [6, 6.07) is 0.460. The maximum Gasteiger partial charge on any atom is 0.238 e. The van der Waals surface area contributed by atoms with Crippen LogP contribution in [0.1, 0.15) is 78.1 Å². The molecule has 3 aliphatic heterocycles. The number of rotatable bonds is 7. The van der Waals surface area contributed by atoms with Crippen LogP contribution in [0.5, 0.6) is 0 Å². The Morgan fingerprint density at radius 2 is 1.76 bits per heavy atom. The van der Waals surface area contributed by atoms with Crippen molar-refractivity contribution in [2.75, 3.05) is 39.3 Å². The fraction of sp³-hybridized carbons (Fsp3) is 0.913. The summed E-state index contributed by atoms with van der Waals surface area (Å²) in [5.41, 5.74) is 5.49. The van der Waals surface area contributed by atoms with Gasteiger partial charge >= 0.3 is 0 Å². The molecule has 3 fully saturated rings. The molecule has 29 heavy (non-hydrogen) atoms. The molecule has 1 atom stereocenters. The van der Waals surface area contributed by atoms with Crippen LogP contribution in [0.3, 0.4) is 0 Å². The number of nitrogens with two attached hydrogens (primary N) is 1. The molecule has 6 heteroatoms. The number of hydrogen-bond donors (Lipinski definition) is 1. The van der Waals surface area contributed by atoms with Crippen molar-refractivity contribution >= 4 is 11.8 Å². The zero-order valence-electron chi connectivity index (χ0n) is 18.7. The summed E-state index contributed by atoms with van der Waals surface area (Å²) in [6.45, 7) is 10.1. The van der Waals surface area contributed by atoms with E-state index < -0.39 is 5.54 Å². The van der Waals surface area contributed by atoms with Gasteiger partial charge in [0.1, 0.15) is 5.54 Å². The number of likely N-dealkylation sites (tertiary alicyclic amines) is 3. The van der Waals surface area contributed by atoms with Crippen molar-refractivity contribution in [3.63, 3.8) is 0 Å². The van der Waals surface area contributed by atoms with Gasteiger partial charge in [-0.1, -0.05) is 20.3 Å². The fourth-order valence-corrected chi connectivity index (χ4v) is 5.61. The monoisotopic (exact) mass is 406 g/mol. The van der Waals surface area contributed by atoms with E-state index in [1.54, 1.807) is 0 Å². The second kappa shape index (κ2) is 10.3. The molecule has 0 spiro atoms. The Balaban J connectivity index is 1.53. The summed E-state index contributed by atoms with van der Waals surface area (Å²) in [5.74, 6) is 0.892. The van der Waals surface area contributed by atoms with E-state index in [1.807, 2.05) is 0 Å². The minimum absolute atomic E-state index is 0.133. The Hall–Kier alpha value is -1.14. The number of amides is 2. The van der Waals surface area contributed by atoms with E-state index in [4.69, 9.17) is 5.73 Å². The number of hydrogen-bond acceptors (Lipinski definition) is 4.